The number of carbonyl (C=O) groups is 2. The van der Waals surface area contributed by atoms with Crippen molar-refractivity contribution in [2.75, 3.05) is 56.2 Å². The lowest BCUT2D eigenvalue weighted by Gasteiger charge is -2.35. The van der Waals surface area contributed by atoms with Crippen molar-refractivity contribution >= 4 is 40.8 Å². The number of carbonyl (C=O) groups excluding carboxylic acids is 2. The molecule has 0 spiro atoms. The number of aromatic nitrogens is 1. The molecule has 2 amide bonds. The highest BCUT2D eigenvalue weighted by molar-refractivity contribution is 7.80. The summed E-state index contributed by atoms with van der Waals surface area (Å²) >= 11 is 4.91. The van der Waals surface area contributed by atoms with E-state index in [1.165, 1.54) is 30.3 Å². The Morgan fingerprint density at radius 2 is 2.09 bits per heavy atom. The molecule has 32 heavy (non-hydrogen) atoms. The fraction of sp³-hybridized carbons (Fsp3) is 0.400. The number of hydrogen-bond donors (Lipinski definition) is 1. The number of halogens is 1. The zero-order valence-corrected chi connectivity index (χ0v) is 18.1. The van der Waals surface area contributed by atoms with Crippen LogP contribution in [-0.4, -0.2) is 79.7 Å². The highest BCUT2D eigenvalue weighted by atomic mass is 32.1. The van der Waals surface area contributed by atoms with Crippen molar-refractivity contribution in [2.24, 2.45) is 0 Å². The van der Waals surface area contributed by atoms with E-state index in [1.807, 2.05) is 4.90 Å². The predicted molar refractivity (Wildman–Crippen MR) is 116 cm³/mol. The van der Waals surface area contributed by atoms with Gasteiger partial charge in [-0.3, -0.25) is 9.69 Å². The molecule has 2 aliphatic heterocycles. The molecule has 2 fully saturated rings. The lowest BCUT2D eigenvalue weighted by atomic mass is 10.2. The molecule has 1 N–H and O–H groups in total. The summed E-state index contributed by atoms with van der Waals surface area (Å²) in [6.07, 6.45) is 0.434. The summed E-state index contributed by atoms with van der Waals surface area (Å²) in [7, 11) is 1.45. The topological polar surface area (TPSA) is 100 Å². The Hall–Kier alpha value is -3.41. The largest absolute Gasteiger partial charge is 0.474 e. The third-order valence-corrected chi connectivity index (χ3v) is 5.64. The zero-order chi connectivity index (χ0) is 22.7. The van der Waals surface area contributed by atoms with Gasteiger partial charge < -0.3 is 29.1 Å². The molecule has 2 aromatic rings. The van der Waals surface area contributed by atoms with Gasteiger partial charge in [-0.2, -0.15) is 0 Å². The number of ether oxygens (including phenoxy) is 2. The molecular formula is C20H22FN5O5S. The molecular weight excluding hydrogens is 441 g/mol. The average molecular weight is 463 g/mol. The second-order valence-corrected chi connectivity index (χ2v) is 7.65. The number of piperazine rings is 1. The van der Waals surface area contributed by atoms with Crippen LogP contribution in [0.3, 0.4) is 0 Å². The lowest BCUT2D eigenvalue weighted by molar-refractivity contribution is 0.0704. The van der Waals surface area contributed by atoms with Crippen LogP contribution in [0, 0.1) is 5.82 Å². The molecule has 3 heterocycles. The van der Waals surface area contributed by atoms with Crippen LogP contribution in [0.1, 0.15) is 10.6 Å². The van der Waals surface area contributed by atoms with Crippen LogP contribution in [0.25, 0.3) is 0 Å². The fourth-order valence-corrected chi connectivity index (χ4v) is 3.74. The first-order chi connectivity index (χ1) is 15.5. The number of thiocarbonyl (C=S) groups is 1. The van der Waals surface area contributed by atoms with E-state index >= 15 is 0 Å². The van der Waals surface area contributed by atoms with Crippen molar-refractivity contribution in [1.82, 2.24) is 15.4 Å². The summed E-state index contributed by atoms with van der Waals surface area (Å²) in [4.78, 5) is 29.5. The standard InChI is InChI=1S/C20H22FN5O5S/c1-29-19(32)22-11-14-12-26(20(28)30-14)13-2-3-16(15(21)10-13)24-6-8-25(9-7-24)18(27)17-4-5-23-31-17/h2-5,10,14H,6-9,11-12H2,1H3,(H,22,32)/t14-/m0/s1. The van der Waals surface area contributed by atoms with Crippen LogP contribution in [0.2, 0.25) is 0 Å². The number of cyclic esters (lactones) is 1. The monoisotopic (exact) mass is 463 g/mol. The van der Waals surface area contributed by atoms with Crippen molar-refractivity contribution < 1.29 is 28.0 Å². The molecule has 0 radical (unpaired) electrons. The first kappa shape index (κ1) is 21.8. The molecule has 1 atom stereocenters. The number of anilines is 2. The van der Waals surface area contributed by atoms with E-state index in [-0.39, 0.29) is 23.4 Å². The van der Waals surface area contributed by atoms with Crippen LogP contribution < -0.4 is 15.1 Å². The van der Waals surface area contributed by atoms with Gasteiger partial charge in [0.2, 0.25) is 5.76 Å². The van der Waals surface area contributed by atoms with Gasteiger partial charge in [0.1, 0.15) is 11.9 Å². The number of amides is 2. The minimum Gasteiger partial charge on any atom is -0.474 e. The Morgan fingerprint density at radius 3 is 2.75 bits per heavy atom. The van der Waals surface area contributed by atoms with Gasteiger partial charge in [0.05, 0.1) is 37.8 Å². The van der Waals surface area contributed by atoms with Crippen LogP contribution in [0.15, 0.2) is 35.0 Å². The van der Waals surface area contributed by atoms with E-state index in [2.05, 4.69) is 10.5 Å². The number of methoxy groups -OCH3 is 1. The van der Waals surface area contributed by atoms with Crippen molar-refractivity contribution in [3.8, 4) is 0 Å². The second-order valence-electron chi connectivity index (χ2n) is 7.28. The molecule has 1 aromatic carbocycles. The van der Waals surface area contributed by atoms with Crippen LogP contribution >= 0.6 is 12.2 Å². The number of hydrogen-bond acceptors (Lipinski definition) is 8. The molecule has 2 saturated heterocycles. The second kappa shape index (κ2) is 9.39. The van der Waals surface area contributed by atoms with E-state index < -0.39 is 18.0 Å². The minimum atomic E-state index is -0.549. The van der Waals surface area contributed by atoms with Crippen LogP contribution in [0.4, 0.5) is 20.6 Å². The molecule has 170 valence electrons. The third-order valence-electron chi connectivity index (χ3n) is 5.33. The number of nitrogens with zero attached hydrogens (tertiary/aromatic N) is 4. The molecule has 0 bridgehead atoms. The smallest absolute Gasteiger partial charge is 0.414 e. The predicted octanol–water partition coefficient (Wildman–Crippen LogP) is 1.62. The normalized spacial score (nSPS) is 18.5. The van der Waals surface area contributed by atoms with E-state index in [4.69, 9.17) is 26.2 Å². The molecule has 0 unspecified atom stereocenters. The van der Waals surface area contributed by atoms with Crippen molar-refractivity contribution in [2.45, 2.75) is 6.10 Å². The molecule has 0 aliphatic carbocycles. The molecule has 0 saturated carbocycles. The van der Waals surface area contributed by atoms with Gasteiger partial charge in [-0.25, -0.2) is 9.18 Å². The zero-order valence-electron chi connectivity index (χ0n) is 17.3. The summed E-state index contributed by atoms with van der Waals surface area (Å²) in [5.41, 5.74) is 0.823. The highest BCUT2D eigenvalue weighted by Gasteiger charge is 2.33. The first-order valence-corrected chi connectivity index (χ1v) is 10.4. The Balaban J connectivity index is 1.36. The van der Waals surface area contributed by atoms with Crippen molar-refractivity contribution in [3.63, 3.8) is 0 Å². The van der Waals surface area contributed by atoms with E-state index in [9.17, 15) is 14.0 Å². The molecule has 1 aromatic heterocycles. The Labute approximate surface area is 188 Å². The summed E-state index contributed by atoms with van der Waals surface area (Å²) in [6.45, 7) is 2.35. The van der Waals surface area contributed by atoms with Crippen LogP contribution in [0.5, 0.6) is 0 Å². The average Bonchev–Trinajstić information content (AvgIpc) is 3.47. The SMILES string of the molecule is COC(=S)NC[C@H]1CN(c2ccc(N3CCN(C(=O)c4ccno4)CC3)c(F)c2)C(=O)O1. The van der Waals surface area contributed by atoms with Gasteiger partial charge >= 0.3 is 6.09 Å². The van der Waals surface area contributed by atoms with E-state index in [0.717, 1.165) is 0 Å². The van der Waals surface area contributed by atoms with Gasteiger partial charge in [0.25, 0.3) is 11.1 Å². The van der Waals surface area contributed by atoms with Gasteiger partial charge in [-0.15, -0.1) is 0 Å². The lowest BCUT2D eigenvalue weighted by Crippen LogP contribution is -2.49. The highest BCUT2D eigenvalue weighted by Crippen LogP contribution is 2.28. The number of nitrogens with one attached hydrogen (secondary N) is 1. The molecule has 12 heteroatoms. The van der Waals surface area contributed by atoms with Crippen LogP contribution in [-0.2, 0) is 9.47 Å². The Bertz CT molecular complexity index is 996. The van der Waals surface area contributed by atoms with Crippen molar-refractivity contribution in [1.29, 1.82) is 0 Å². The summed E-state index contributed by atoms with van der Waals surface area (Å²) in [5, 5.41) is 6.59. The molecule has 10 nitrogen and oxygen atoms in total. The Morgan fingerprint density at radius 1 is 1.31 bits per heavy atom. The summed E-state index contributed by atoms with van der Waals surface area (Å²) in [6, 6.07) is 6.15. The minimum absolute atomic E-state index is 0.184. The summed E-state index contributed by atoms with van der Waals surface area (Å²) < 4.78 is 30.0. The first-order valence-electron chi connectivity index (χ1n) is 10.0. The maximum atomic E-state index is 14.9. The van der Waals surface area contributed by atoms with Gasteiger partial charge in [-0.1, -0.05) is 5.16 Å². The molecule has 4 rings (SSSR count). The number of benzene rings is 1. The van der Waals surface area contributed by atoms with E-state index in [1.54, 1.807) is 17.0 Å². The van der Waals surface area contributed by atoms with Gasteiger partial charge in [-0.05, 0) is 30.4 Å². The van der Waals surface area contributed by atoms with Crippen molar-refractivity contribution in [3.05, 3.63) is 42.0 Å². The van der Waals surface area contributed by atoms with E-state index in [0.29, 0.717) is 44.1 Å². The Kier molecular flexibility index (Phi) is 6.40. The third kappa shape index (κ3) is 4.59. The maximum absolute atomic E-state index is 14.9. The van der Waals surface area contributed by atoms with Gasteiger partial charge in [0, 0.05) is 32.2 Å². The maximum Gasteiger partial charge on any atom is 0.414 e. The summed E-state index contributed by atoms with van der Waals surface area (Å²) in [5.74, 6) is -0.503. The van der Waals surface area contributed by atoms with Gasteiger partial charge in [0.15, 0.2) is 0 Å². The quantitative estimate of drug-likeness (QED) is 0.663. The fourth-order valence-electron chi connectivity index (χ4n) is 3.66. The number of rotatable bonds is 5. The molecule has 2 aliphatic rings.